The normalized spacial score (nSPS) is 10.7. The minimum atomic E-state index is -0.468. The number of H-pyrrole nitrogens is 1. The van der Waals surface area contributed by atoms with Gasteiger partial charge >= 0.3 is 0 Å². The number of ether oxygens (including phenoxy) is 1. The molecule has 0 atom stereocenters. The summed E-state index contributed by atoms with van der Waals surface area (Å²) in [5.74, 6) is 0.446. The van der Waals surface area contributed by atoms with Gasteiger partial charge in [-0.25, -0.2) is 4.98 Å². The minimum Gasteiger partial charge on any atom is -0.435 e. The lowest BCUT2D eigenvalue weighted by molar-refractivity contribution is 0.465. The van der Waals surface area contributed by atoms with E-state index in [1.54, 1.807) is 24.4 Å². The Labute approximate surface area is 118 Å². The fourth-order valence-electron chi connectivity index (χ4n) is 1.79. The molecule has 0 aliphatic carbocycles. The van der Waals surface area contributed by atoms with Crippen LogP contribution >= 0.6 is 11.6 Å². The summed E-state index contributed by atoms with van der Waals surface area (Å²) in [4.78, 5) is 21.9. The summed E-state index contributed by atoms with van der Waals surface area (Å²) in [5.41, 5.74) is 6.58. The summed E-state index contributed by atoms with van der Waals surface area (Å²) < 4.78 is 5.58. The molecule has 3 N–H and O–H groups in total. The molecule has 1 aromatic carbocycles. The molecule has 2 heterocycles. The molecule has 6 nitrogen and oxygen atoms in total. The second-order valence-corrected chi connectivity index (χ2v) is 4.38. The molecule has 100 valence electrons. The van der Waals surface area contributed by atoms with Gasteiger partial charge in [0.2, 0.25) is 5.88 Å². The van der Waals surface area contributed by atoms with E-state index in [2.05, 4.69) is 15.0 Å². The molecule has 0 fully saturated rings. The number of aromatic nitrogens is 3. The van der Waals surface area contributed by atoms with Gasteiger partial charge in [0, 0.05) is 17.3 Å². The molecule has 0 bridgehead atoms. The molecular weight excluding hydrogens is 280 g/mol. The zero-order chi connectivity index (χ0) is 14.1. The Morgan fingerprint density at radius 1 is 1.25 bits per heavy atom. The number of hydrogen-bond acceptors (Lipinski definition) is 5. The number of aromatic amines is 1. The average Bonchev–Trinajstić information content (AvgIpc) is 2.47. The molecule has 0 amide bonds. The lowest BCUT2D eigenvalue weighted by Crippen LogP contribution is -2.08. The number of fused-ring (bicyclic) bond motifs is 1. The van der Waals surface area contributed by atoms with Gasteiger partial charge in [0.1, 0.15) is 5.52 Å². The molecule has 0 saturated carbocycles. The highest BCUT2D eigenvalue weighted by molar-refractivity contribution is 6.31. The first kappa shape index (κ1) is 12.4. The number of nitrogens with one attached hydrogen (secondary N) is 1. The van der Waals surface area contributed by atoms with E-state index in [0.717, 1.165) is 5.39 Å². The van der Waals surface area contributed by atoms with Crippen LogP contribution in [0.3, 0.4) is 0 Å². The SMILES string of the molecule is Nc1ccc(Oc2nc[nH]c(=O)c2Cl)c2ncccc12. The minimum absolute atomic E-state index is 0.0205. The maximum absolute atomic E-state index is 11.4. The molecule has 0 aliphatic rings. The molecule has 0 unspecified atom stereocenters. The highest BCUT2D eigenvalue weighted by atomic mass is 35.5. The van der Waals surface area contributed by atoms with Gasteiger partial charge in [0.15, 0.2) is 10.8 Å². The van der Waals surface area contributed by atoms with E-state index < -0.39 is 5.56 Å². The van der Waals surface area contributed by atoms with Gasteiger partial charge in [-0.15, -0.1) is 0 Å². The maximum Gasteiger partial charge on any atom is 0.273 e. The van der Waals surface area contributed by atoms with Crippen molar-refractivity contribution in [1.82, 2.24) is 15.0 Å². The number of hydrogen-bond donors (Lipinski definition) is 2. The van der Waals surface area contributed by atoms with E-state index in [9.17, 15) is 4.79 Å². The summed E-state index contributed by atoms with van der Waals surface area (Å²) in [5, 5.41) is 0.638. The smallest absolute Gasteiger partial charge is 0.273 e. The summed E-state index contributed by atoms with van der Waals surface area (Å²) in [6, 6.07) is 6.96. The third-order valence-corrected chi connectivity index (χ3v) is 3.07. The van der Waals surface area contributed by atoms with Crippen molar-refractivity contribution < 1.29 is 4.74 Å². The molecular formula is C13H9ClN4O2. The molecule has 0 radical (unpaired) electrons. The van der Waals surface area contributed by atoms with Crippen molar-refractivity contribution in [2.24, 2.45) is 0 Å². The van der Waals surface area contributed by atoms with Gasteiger partial charge in [-0.3, -0.25) is 9.78 Å². The van der Waals surface area contributed by atoms with Crippen LogP contribution in [-0.2, 0) is 0 Å². The number of nitrogens with zero attached hydrogens (tertiary/aromatic N) is 2. The first-order valence-electron chi connectivity index (χ1n) is 5.71. The van der Waals surface area contributed by atoms with Crippen molar-refractivity contribution in [2.45, 2.75) is 0 Å². The second-order valence-electron chi connectivity index (χ2n) is 4.01. The fourth-order valence-corrected chi connectivity index (χ4v) is 1.94. The third kappa shape index (κ3) is 2.06. The average molecular weight is 289 g/mol. The van der Waals surface area contributed by atoms with Crippen LogP contribution in [0, 0.1) is 0 Å². The monoisotopic (exact) mass is 288 g/mol. The number of anilines is 1. The lowest BCUT2D eigenvalue weighted by atomic mass is 10.2. The largest absolute Gasteiger partial charge is 0.435 e. The van der Waals surface area contributed by atoms with E-state index in [1.807, 2.05) is 6.07 Å². The predicted octanol–water partition coefficient (Wildman–Crippen LogP) is 2.35. The van der Waals surface area contributed by atoms with Crippen LogP contribution < -0.4 is 16.0 Å². The number of halogens is 1. The molecule has 3 rings (SSSR count). The quantitative estimate of drug-likeness (QED) is 0.706. The van der Waals surface area contributed by atoms with Crippen LogP contribution in [0.5, 0.6) is 11.6 Å². The molecule has 7 heteroatoms. The molecule has 3 aromatic rings. The van der Waals surface area contributed by atoms with Crippen molar-refractivity contribution >= 4 is 28.2 Å². The van der Waals surface area contributed by atoms with Crippen molar-refractivity contribution in [2.75, 3.05) is 5.73 Å². The number of nitrogen functional groups attached to an aromatic ring is 1. The first-order chi connectivity index (χ1) is 9.66. The molecule has 0 aliphatic heterocycles. The van der Waals surface area contributed by atoms with E-state index in [1.165, 1.54) is 6.33 Å². The number of nitrogens with two attached hydrogens (primary N) is 1. The third-order valence-electron chi connectivity index (χ3n) is 2.74. The summed E-state index contributed by atoms with van der Waals surface area (Å²) in [7, 11) is 0. The molecule has 0 saturated heterocycles. The van der Waals surface area contributed by atoms with E-state index in [4.69, 9.17) is 22.1 Å². The van der Waals surface area contributed by atoms with Gasteiger partial charge in [-0.05, 0) is 24.3 Å². The highest BCUT2D eigenvalue weighted by Gasteiger charge is 2.12. The van der Waals surface area contributed by atoms with Crippen LogP contribution in [0.4, 0.5) is 5.69 Å². The van der Waals surface area contributed by atoms with Gasteiger partial charge in [-0.2, -0.15) is 0 Å². The summed E-state index contributed by atoms with van der Waals surface area (Å²) in [6.07, 6.45) is 2.85. The van der Waals surface area contributed by atoms with Crippen LogP contribution in [-0.4, -0.2) is 15.0 Å². The van der Waals surface area contributed by atoms with Gasteiger partial charge in [0.05, 0.1) is 6.33 Å². The second kappa shape index (κ2) is 4.82. The Hall–Kier alpha value is -2.60. The fraction of sp³-hybridized carbons (Fsp3) is 0. The van der Waals surface area contributed by atoms with Crippen molar-refractivity contribution in [1.29, 1.82) is 0 Å². The topological polar surface area (TPSA) is 93.9 Å². The Bertz CT molecular complexity index is 847. The molecule has 2 aromatic heterocycles. The van der Waals surface area contributed by atoms with E-state index >= 15 is 0 Å². The van der Waals surface area contributed by atoms with Gasteiger partial charge < -0.3 is 15.5 Å². The highest BCUT2D eigenvalue weighted by Crippen LogP contribution is 2.32. The Balaban J connectivity index is 2.14. The zero-order valence-electron chi connectivity index (χ0n) is 10.1. The Kier molecular flexibility index (Phi) is 3.00. The van der Waals surface area contributed by atoms with Gasteiger partial charge in [-0.1, -0.05) is 11.6 Å². The van der Waals surface area contributed by atoms with Crippen molar-refractivity contribution in [3.8, 4) is 11.6 Å². The lowest BCUT2D eigenvalue weighted by Gasteiger charge is -2.09. The summed E-state index contributed by atoms with van der Waals surface area (Å²) >= 11 is 5.85. The van der Waals surface area contributed by atoms with Crippen molar-refractivity contribution in [3.05, 3.63) is 52.2 Å². The zero-order valence-corrected chi connectivity index (χ0v) is 10.9. The number of rotatable bonds is 2. The van der Waals surface area contributed by atoms with E-state index in [-0.39, 0.29) is 10.9 Å². The predicted molar refractivity (Wildman–Crippen MR) is 76.1 cm³/mol. The van der Waals surface area contributed by atoms with Gasteiger partial charge in [0.25, 0.3) is 5.56 Å². The van der Waals surface area contributed by atoms with Crippen LogP contribution in [0.15, 0.2) is 41.6 Å². The Morgan fingerprint density at radius 2 is 2.10 bits per heavy atom. The standard InChI is InChI=1S/C13H9ClN4O2/c14-10-12(19)17-6-18-13(10)20-9-4-3-8(15)7-2-1-5-16-11(7)9/h1-6H,15H2,(H,17,18,19). The maximum atomic E-state index is 11.4. The molecule has 0 spiro atoms. The van der Waals surface area contributed by atoms with E-state index in [0.29, 0.717) is 17.0 Å². The Morgan fingerprint density at radius 3 is 2.95 bits per heavy atom. The van der Waals surface area contributed by atoms with Crippen LogP contribution in [0.1, 0.15) is 0 Å². The first-order valence-corrected chi connectivity index (χ1v) is 6.09. The van der Waals surface area contributed by atoms with Crippen molar-refractivity contribution in [3.63, 3.8) is 0 Å². The number of benzene rings is 1. The van der Waals surface area contributed by atoms with Crippen LogP contribution in [0.2, 0.25) is 5.02 Å². The molecule has 20 heavy (non-hydrogen) atoms. The van der Waals surface area contributed by atoms with Crippen LogP contribution in [0.25, 0.3) is 10.9 Å². The summed E-state index contributed by atoms with van der Waals surface area (Å²) in [6.45, 7) is 0. The number of pyridine rings is 1.